The summed E-state index contributed by atoms with van der Waals surface area (Å²) in [6.45, 7) is 3.33. The Morgan fingerprint density at radius 2 is 1.69 bits per heavy atom. The summed E-state index contributed by atoms with van der Waals surface area (Å²) in [4.78, 5) is 31.1. The molecule has 0 radical (unpaired) electrons. The molecule has 2 aliphatic carbocycles. The SMILES string of the molecule is O=C(NCC1(c2ccccc2)CCCC1)[C@@H]1CC12CCN(Cc1cc3ccccc3[nH]c1=O)CC2. The zero-order valence-electron chi connectivity index (χ0n) is 20.4. The third-order valence-electron chi connectivity index (χ3n) is 9.13. The van der Waals surface area contributed by atoms with Crippen LogP contribution in [-0.2, 0) is 16.8 Å². The molecule has 1 amide bonds. The van der Waals surface area contributed by atoms with Crippen molar-refractivity contribution in [2.45, 2.75) is 56.9 Å². The molecule has 1 atom stereocenters. The fraction of sp³-hybridized carbons (Fsp3) is 0.467. The third-order valence-corrected chi connectivity index (χ3v) is 9.13. The number of hydrogen-bond donors (Lipinski definition) is 2. The molecule has 0 unspecified atom stereocenters. The van der Waals surface area contributed by atoms with Crippen molar-refractivity contribution < 1.29 is 4.79 Å². The maximum Gasteiger partial charge on any atom is 0.252 e. The van der Waals surface area contributed by atoms with Crippen LogP contribution in [0.2, 0.25) is 0 Å². The number of fused-ring (bicyclic) bond motifs is 1. The van der Waals surface area contributed by atoms with Crippen molar-refractivity contribution in [2.24, 2.45) is 11.3 Å². The Bertz CT molecular complexity index is 1270. The Hall–Kier alpha value is -2.92. The van der Waals surface area contributed by atoms with Crippen LogP contribution in [0.1, 0.15) is 56.1 Å². The van der Waals surface area contributed by atoms with E-state index < -0.39 is 0 Å². The number of H-pyrrole nitrogens is 1. The Kier molecular flexibility index (Phi) is 5.76. The van der Waals surface area contributed by atoms with Gasteiger partial charge in [-0.05, 0) is 73.7 Å². The molecule has 0 bridgehead atoms. The van der Waals surface area contributed by atoms with Gasteiger partial charge in [-0.3, -0.25) is 14.5 Å². The van der Waals surface area contributed by atoms with E-state index in [2.05, 4.69) is 45.5 Å². The monoisotopic (exact) mass is 469 g/mol. The number of nitrogens with zero attached hydrogens (tertiary/aromatic N) is 1. The van der Waals surface area contributed by atoms with Crippen LogP contribution in [0.15, 0.2) is 65.5 Å². The predicted molar refractivity (Wildman–Crippen MR) is 139 cm³/mol. The molecule has 1 saturated heterocycles. The number of benzene rings is 2. The number of likely N-dealkylation sites (tertiary alicyclic amines) is 1. The summed E-state index contributed by atoms with van der Waals surface area (Å²) < 4.78 is 0. The lowest BCUT2D eigenvalue weighted by atomic mass is 9.78. The molecular weight excluding hydrogens is 434 g/mol. The van der Waals surface area contributed by atoms with Crippen LogP contribution < -0.4 is 10.9 Å². The maximum atomic E-state index is 13.2. The Labute approximate surface area is 206 Å². The molecule has 2 aromatic carbocycles. The van der Waals surface area contributed by atoms with Gasteiger partial charge in [-0.2, -0.15) is 0 Å². The van der Waals surface area contributed by atoms with Crippen molar-refractivity contribution in [1.82, 2.24) is 15.2 Å². The highest BCUT2D eigenvalue weighted by atomic mass is 16.2. The van der Waals surface area contributed by atoms with Crippen LogP contribution in [0.3, 0.4) is 0 Å². The molecule has 1 aromatic heterocycles. The number of rotatable bonds is 6. The van der Waals surface area contributed by atoms with E-state index in [0.29, 0.717) is 6.54 Å². The highest BCUT2D eigenvalue weighted by molar-refractivity contribution is 5.82. The largest absolute Gasteiger partial charge is 0.355 e. The molecule has 1 spiro atoms. The van der Waals surface area contributed by atoms with Crippen LogP contribution in [0.5, 0.6) is 0 Å². The summed E-state index contributed by atoms with van der Waals surface area (Å²) in [5.74, 6) is 0.412. The Balaban J connectivity index is 1.05. The number of carbonyl (C=O) groups is 1. The predicted octanol–water partition coefficient (Wildman–Crippen LogP) is 4.76. The number of amides is 1. The average molecular weight is 470 g/mol. The van der Waals surface area contributed by atoms with Crippen molar-refractivity contribution in [3.63, 3.8) is 0 Å². The summed E-state index contributed by atoms with van der Waals surface area (Å²) in [5, 5.41) is 4.45. The van der Waals surface area contributed by atoms with Gasteiger partial charge in [0, 0.05) is 35.5 Å². The molecule has 2 N–H and O–H groups in total. The molecule has 2 heterocycles. The summed E-state index contributed by atoms with van der Waals surface area (Å²) in [6, 6.07) is 20.7. The highest BCUT2D eigenvalue weighted by Gasteiger charge is 2.58. The van der Waals surface area contributed by atoms with Crippen LogP contribution >= 0.6 is 0 Å². The zero-order valence-corrected chi connectivity index (χ0v) is 20.4. The summed E-state index contributed by atoms with van der Waals surface area (Å²) >= 11 is 0. The van der Waals surface area contributed by atoms with E-state index in [-0.39, 0.29) is 28.2 Å². The van der Waals surface area contributed by atoms with Crippen molar-refractivity contribution in [3.8, 4) is 0 Å². The van der Waals surface area contributed by atoms with Crippen LogP contribution in [-0.4, -0.2) is 35.4 Å². The molecule has 2 saturated carbocycles. The van der Waals surface area contributed by atoms with Gasteiger partial charge in [0.15, 0.2) is 0 Å². The van der Waals surface area contributed by atoms with Crippen LogP contribution in [0.4, 0.5) is 0 Å². The van der Waals surface area contributed by atoms with E-state index >= 15 is 0 Å². The lowest BCUT2D eigenvalue weighted by Gasteiger charge is -2.33. The summed E-state index contributed by atoms with van der Waals surface area (Å²) in [6.07, 6.45) is 7.91. The fourth-order valence-electron chi connectivity index (χ4n) is 6.77. The number of para-hydroxylation sites is 1. The molecule has 182 valence electrons. The van der Waals surface area contributed by atoms with Gasteiger partial charge in [0.05, 0.1) is 0 Å². The molecule has 3 fully saturated rings. The first-order valence-electron chi connectivity index (χ1n) is 13.2. The Morgan fingerprint density at radius 3 is 2.46 bits per heavy atom. The van der Waals surface area contributed by atoms with Crippen LogP contribution in [0.25, 0.3) is 10.9 Å². The number of aromatic amines is 1. The lowest BCUT2D eigenvalue weighted by molar-refractivity contribution is -0.123. The molecule has 6 rings (SSSR count). The van der Waals surface area contributed by atoms with Crippen molar-refractivity contribution in [3.05, 3.63) is 82.1 Å². The number of piperidine rings is 1. The maximum absolute atomic E-state index is 13.2. The molecule has 1 aliphatic heterocycles. The lowest BCUT2D eigenvalue weighted by Crippen LogP contribution is -2.41. The molecule has 5 nitrogen and oxygen atoms in total. The second kappa shape index (κ2) is 8.94. The van der Waals surface area contributed by atoms with Crippen molar-refractivity contribution >= 4 is 16.8 Å². The minimum absolute atomic E-state index is 0.00641. The average Bonchev–Trinajstić information content (AvgIpc) is 3.37. The van der Waals surface area contributed by atoms with E-state index in [0.717, 1.165) is 68.2 Å². The van der Waals surface area contributed by atoms with Gasteiger partial charge >= 0.3 is 0 Å². The van der Waals surface area contributed by atoms with E-state index in [9.17, 15) is 9.59 Å². The molecule has 3 aliphatic rings. The number of pyridine rings is 1. The van der Waals surface area contributed by atoms with Crippen molar-refractivity contribution in [2.75, 3.05) is 19.6 Å². The summed E-state index contributed by atoms with van der Waals surface area (Å²) in [7, 11) is 0. The fourth-order valence-corrected chi connectivity index (χ4v) is 6.77. The second-order valence-corrected chi connectivity index (χ2v) is 11.2. The normalized spacial score (nSPS) is 22.9. The van der Waals surface area contributed by atoms with Crippen LogP contribution in [0, 0.1) is 11.3 Å². The van der Waals surface area contributed by atoms with E-state index in [1.54, 1.807) is 0 Å². The number of carbonyl (C=O) groups excluding carboxylic acids is 1. The minimum Gasteiger partial charge on any atom is -0.355 e. The van der Waals surface area contributed by atoms with E-state index in [1.165, 1.54) is 18.4 Å². The van der Waals surface area contributed by atoms with Gasteiger partial charge in [-0.15, -0.1) is 0 Å². The van der Waals surface area contributed by atoms with Gasteiger partial charge < -0.3 is 10.3 Å². The first-order valence-corrected chi connectivity index (χ1v) is 13.2. The quantitative estimate of drug-likeness (QED) is 0.547. The summed E-state index contributed by atoms with van der Waals surface area (Å²) in [5.41, 5.74) is 3.37. The molecule has 3 aromatic rings. The number of aromatic nitrogens is 1. The third kappa shape index (κ3) is 4.31. The minimum atomic E-state index is 0.00641. The second-order valence-electron chi connectivity index (χ2n) is 11.2. The van der Waals surface area contributed by atoms with Gasteiger partial charge in [0.1, 0.15) is 0 Å². The Morgan fingerprint density at radius 1 is 0.971 bits per heavy atom. The van der Waals surface area contributed by atoms with Gasteiger partial charge in [-0.1, -0.05) is 61.4 Å². The van der Waals surface area contributed by atoms with Gasteiger partial charge in [0.2, 0.25) is 5.91 Å². The molecule has 5 heteroatoms. The highest BCUT2D eigenvalue weighted by Crippen LogP contribution is 2.59. The number of hydrogen-bond acceptors (Lipinski definition) is 3. The first-order chi connectivity index (χ1) is 17.1. The van der Waals surface area contributed by atoms with Gasteiger partial charge in [0.25, 0.3) is 5.56 Å². The number of nitrogens with one attached hydrogen (secondary N) is 2. The van der Waals surface area contributed by atoms with Crippen molar-refractivity contribution in [1.29, 1.82) is 0 Å². The smallest absolute Gasteiger partial charge is 0.252 e. The molecule has 35 heavy (non-hydrogen) atoms. The molecular formula is C30H35N3O2. The van der Waals surface area contributed by atoms with Gasteiger partial charge in [-0.25, -0.2) is 0 Å². The standard InChI is InChI=1S/C30H35N3O2/c34-27-23(18-22-8-4-5-11-26(22)32-27)20-33-16-14-29(15-17-33)19-25(29)28(35)31-21-30(12-6-7-13-30)24-9-2-1-3-10-24/h1-5,8-11,18,25H,6-7,12-17,19-21H2,(H,31,35)(H,32,34)/t25-/m0/s1. The van der Waals surface area contributed by atoms with E-state index in [1.807, 2.05) is 30.3 Å². The van der Waals surface area contributed by atoms with E-state index in [4.69, 9.17) is 0 Å². The zero-order chi connectivity index (χ0) is 23.9. The topological polar surface area (TPSA) is 65.2 Å². The first kappa shape index (κ1) is 22.5.